The summed E-state index contributed by atoms with van der Waals surface area (Å²) in [5.41, 5.74) is 3.06. The van der Waals surface area contributed by atoms with Gasteiger partial charge in [-0.25, -0.2) is 13.6 Å². The van der Waals surface area contributed by atoms with E-state index in [1.165, 1.54) is 12.1 Å². The highest BCUT2D eigenvalue weighted by molar-refractivity contribution is 5.96. The fraction of sp³-hybridized carbons (Fsp3) is 0.294. The first-order valence-electron chi connectivity index (χ1n) is 7.39. The molecule has 0 bridgehead atoms. The zero-order valence-corrected chi connectivity index (χ0v) is 12.9. The average Bonchev–Trinajstić information content (AvgIpc) is 2.83. The molecule has 1 aliphatic rings. The molecule has 4 nitrogen and oxygen atoms in total. The number of ether oxygens (including phenoxy) is 1. The van der Waals surface area contributed by atoms with Crippen LogP contribution in [0.25, 0.3) is 11.6 Å². The van der Waals surface area contributed by atoms with Crippen molar-refractivity contribution >= 4 is 17.6 Å². The molecule has 3 rings (SSSR count). The molecule has 0 aliphatic heterocycles. The first kappa shape index (κ1) is 15.4. The summed E-state index contributed by atoms with van der Waals surface area (Å²) in [6, 6.07) is 3.42. The Kier molecular flexibility index (Phi) is 3.98. The Morgan fingerprint density at radius 3 is 2.61 bits per heavy atom. The second kappa shape index (κ2) is 5.95. The normalized spacial score (nSPS) is 13.5. The van der Waals surface area contributed by atoms with Crippen LogP contribution in [0.15, 0.2) is 18.2 Å². The van der Waals surface area contributed by atoms with Gasteiger partial charge in [-0.1, -0.05) is 0 Å². The summed E-state index contributed by atoms with van der Waals surface area (Å²) in [5.74, 6) is -1.74. The van der Waals surface area contributed by atoms with Crippen LogP contribution in [0.2, 0.25) is 0 Å². The number of carbonyl (C=O) groups is 1. The number of carbonyl (C=O) groups excluding carboxylic acids is 1. The third kappa shape index (κ3) is 2.88. The van der Waals surface area contributed by atoms with Crippen molar-refractivity contribution in [3.05, 3.63) is 52.3 Å². The summed E-state index contributed by atoms with van der Waals surface area (Å²) in [7, 11) is 1.77. The maximum Gasteiger partial charge on any atom is 0.359 e. The van der Waals surface area contributed by atoms with Crippen LogP contribution in [0.5, 0.6) is 0 Å². The molecule has 2 aromatic rings. The number of hydrogen-bond acceptors (Lipinski definition) is 3. The van der Waals surface area contributed by atoms with Gasteiger partial charge in [0.15, 0.2) is 5.69 Å². The highest BCUT2D eigenvalue weighted by Crippen LogP contribution is 2.32. The molecule has 23 heavy (non-hydrogen) atoms. The number of allylic oxidation sites excluding steroid dienone is 1. The van der Waals surface area contributed by atoms with Gasteiger partial charge in [0, 0.05) is 24.4 Å². The number of hydrogen-bond donors (Lipinski definition) is 0. The van der Waals surface area contributed by atoms with E-state index in [9.17, 15) is 13.6 Å². The maximum absolute atomic E-state index is 13.4. The number of fused-ring (bicyclic) bond motifs is 1. The van der Waals surface area contributed by atoms with Crippen molar-refractivity contribution in [1.82, 2.24) is 9.78 Å². The van der Waals surface area contributed by atoms with E-state index in [1.807, 2.05) is 0 Å². The van der Waals surface area contributed by atoms with Crippen LogP contribution in [0.1, 0.15) is 40.7 Å². The monoisotopic (exact) mass is 318 g/mol. The van der Waals surface area contributed by atoms with Gasteiger partial charge in [0.25, 0.3) is 0 Å². The predicted molar refractivity (Wildman–Crippen MR) is 81.7 cm³/mol. The number of aromatic nitrogens is 2. The summed E-state index contributed by atoms with van der Waals surface area (Å²) in [6.07, 6.45) is 3.03. The molecular weight excluding hydrogens is 302 g/mol. The molecule has 0 radical (unpaired) electrons. The molecule has 1 aromatic heterocycles. The highest BCUT2D eigenvalue weighted by atomic mass is 19.1. The number of aryl methyl sites for hydroxylation is 1. The molecule has 0 amide bonds. The predicted octanol–water partition coefficient (Wildman–Crippen LogP) is 3.36. The van der Waals surface area contributed by atoms with E-state index < -0.39 is 17.6 Å². The van der Waals surface area contributed by atoms with Crippen LogP contribution in [0.4, 0.5) is 8.78 Å². The molecule has 1 aliphatic carbocycles. The molecule has 0 unspecified atom stereocenters. The minimum atomic E-state index is -0.622. The van der Waals surface area contributed by atoms with Gasteiger partial charge in [0.1, 0.15) is 11.6 Å². The Bertz CT molecular complexity index is 789. The van der Waals surface area contributed by atoms with Crippen LogP contribution in [-0.2, 0) is 18.2 Å². The lowest BCUT2D eigenvalue weighted by atomic mass is 9.91. The van der Waals surface area contributed by atoms with Crippen molar-refractivity contribution in [2.45, 2.75) is 19.8 Å². The Morgan fingerprint density at radius 1 is 1.26 bits per heavy atom. The van der Waals surface area contributed by atoms with Crippen molar-refractivity contribution < 1.29 is 18.3 Å². The van der Waals surface area contributed by atoms with Gasteiger partial charge in [-0.05, 0) is 49.1 Å². The van der Waals surface area contributed by atoms with Gasteiger partial charge in [-0.15, -0.1) is 0 Å². The molecule has 0 fully saturated rings. The third-order valence-corrected chi connectivity index (χ3v) is 3.86. The Labute approximate surface area is 132 Å². The number of nitrogens with zero attached hydrogens (tertiary/aromatic N) is 2. The topological polar surface area (TPSA) is 44.1 Å². The fourth-order valence-electron chi connectivity index (χ4n) is 2.84. The van der Waals surface area contributed by atoms with Crippen LogP contribution >= 0.6 is 0 Å². The maximum atomic E-state index is 13.4. The van der Waals surface area contributed by atoms with E-state index in [-0.39, 0.29) is 12.3 Å². The Hall–Kier alpha value is -2.50. The highest BCUT2D eigenvalue weighted by Gasteiger charge is 2.25. The van der Waals surface area contributed by atoms with Crippen molar-refractivity contribution in [2.24, 2.45) is 7.05 Å². The standard InChI is InChI=1S/C17H16F2N2O2/c1-3-23-17(22)16-14-8-10(4-5-15(14)21(2)20-16)11-6-12(18)9-13(19)7-11/h6-9H,3-5H2,1-2H3. The van der Waals surface area contributed by atoms with E-state index in [1.54, 1.807) is 24.7 Å². The largest absolute Gasteiger partial charge is 0.461 e. The molecule has 0 saturated heterocycles. The summed E-state index contributed by atoms with van der Waals surface area (Å²) in [5, 5.41) is 4.22. The van der Waals surface area contributed by atoms with Gasteiger partial charge in [-0.2, -0.15) is 5.10 Å². The lowest BCUT2D eigenvalue weighted by molar-refractivity contribution is 0.0518. The summed E-state index contributed by atoms with van der Waals surface area (Å²) >= 11 is 0. The molecule has 0 atom stereocenters. The lowest BCUT2D eigenvalue weighted by Gasteiger charge is -2.15. The first-order valence-corrected chi connectivity index (χ1v) is 7.39. The number of benzene rings is 1. The van der Waals surface area contributed by atoms with Gasteiger partial charge in [0.05, 0.1) is 6.61 Å². The third-order valence-electron chi connectivity index (χ3n) is 3.86. The summed E-state index contributed by atoms with van der Waals surface area (Å²) in [4.78, 5) is 12.0. The van der Waals surface area contributed by atoms with Crippen molar-refractivity contribution in [1.29, 1.82) is 0 Å². The first-order chi connectivity index (χ1) is 11.0. The van der Waals surface area contributed by atoms with Crippen LogP contribution in [0.3, 0.4) is 0 Å². The van der Waals surface area contributed by atoms with Crippen LogP contribution in [0, 0.1) is 11.6 Å². The van der Waals surface area contributed by atoms with Gasteiger partial charge >= 0.3 is 5.97 Å². The zero-order valence-electron chi connectivity index (χ0n) is 12.9. The SMILES string of the molecule is CCOC(=O)c1nn(C)c2c1C=C(c1cc(F)cc(F)c1)CC2. The van der Waals surface area contributed by atoms with Gasteiger partial charge < -0.3 is 4.74 Å². The molecule has 1 heterocycles. The molecule has 6 heteroatoms. The minimum absolute atomic E-state index is 0.235. The van der Waals surface area contributed by atoms with E-state index in [4.69, 9.17) is 4.74 Å². The zero-order chi connectivity index (χ0) is 16.6. The van der Waals surface area contributed by atoms with E-state index in [0.717, 1.165) is 17.3 Å². The number of rotatable bonds is 3. The average molecular weight is 318 g/mol. The second-order valence-electron chi connectivity index (χ2n) is 5.38. The molecule has 120 valence electrons. The lowest BCUT2D eigenvalue weighted by Crippen LogP contribution is -2.08. The quantitative estimate of drug-likeness (QED) is 0.815. The molecule has 0 spiro atoms. The van der Waals surface area contributed by atoms with E-state index in [2.05, 4.69) is 5.10 Å². The van der Waals surface area contributed by atoms with Gasteiger partial charge in [0.2, 0.25) is 0 Å². The fourth-order valence-corrected chi connectivity index (χ4v) is 2.84. The van der Waals surface area contributed by atoms with Crippen molar-refractivity contribution in [2.75, 3.05) is 6.61 Å². The van der Waals surface area contributed by atoms with E-state index in [0.29, 0.717) is 24.0 Å². The smallest absolute Gasteiger partial charge is 0.359 e. The summed E-state index contributed by atoms with van der Waals surface area (Å²) < 4.78 is 33.5. The number of esters is 1. The summed E-state index contributed by atoms with van der Waals surface area (Å²) in [6.45, 7) is 1.99. The second-order valence-corrected chi connectivity index (χ2v) is 5.38. The minimum Gasteiger partial charge on any atom is -0.461 e. The van der Waals surface area contributed by atoms with Gasteiger partial charge in [-0.3, -0.25) is 4.68 Å². The molecule has 0 N–H and O–H groups in total. The van der Waals surface area contributed by atoms with E-state index >= 15 is 0 Å². The Morgan fingerprint density at radius 2 is 1.96 bits per heavy atom. The number of halogens is 2. The molecular formula is C17H16F2N2O2. The Balaban J connectivity index is 2.07. The van der Waals surface area contributed by atoms with Crippen LogP contribution < -0.4 is 0 Å². The molecule has 1 aromatic carbocycles. The van der Waals surface area contributed by atoms with Crippen molar-refractivity contribution in [3.8, 4) is 0 Å². The van der Waals surface area contributed by atoms with Crippen LogP contribution in [-0.4, -0.2) is 22.4 Å². The van der Waals surface area contributed by atoms with Crippen molar-refractivity contribution in [3.63, 3.8) is 0 Å². The molecule has 0 saturated carbocycles.